The molecule has 1 aromatic rings. The van der Waals surface area contributed by atoms with Crippen LogP contribution >= 0.6 is 0 Å². The first-order valence-corrected chi connectivity index (χ1v) is 4.03. The quantitative estimate of drug-likeness (QED) is 0.525. The van der Waals surface area contributed by atoms with Crippen molar-refractivity contribution in [2.75, 3.05) is 0 Å². The maximum Gasteiger partial charge on any atom is 0 e. The number of aryl methyl sites for hydroxylation is 2. The fourth-order valence-corrected chi connectivity index (χ4v) is 1.68. The molecule has 0 nitrogen and oxygen atoms in total. The van der Waals surface area contributed by atoms with Crippen molar-refractivity contribution in [3.63, 3.8) is 0 Å². The molecule has 1 aliphatic rings. The lowest BCUT2D eigenvalue weighted by Crippen LogP contribution is -2.00. The molecule has 56 valence electrons. The second-order valence-electron chi connectivity index (χ2n) is 2.98. The summed E-state index contributed by atoms with van der Waals surface area (Å²) in [5.41, 5.74) is 3.16. The van der Waals surface area contributed by atoms with Crippen LogP contribution in [-0.2, 0) is 12.8 Å². The molecule has 0 aromatic heterocycles. The number of benzene rings is 1. The van der Waals surface area contributed by atoms with E-state index in [1.807, 2.05) is 0 Å². The molecule has 0 fully saturated rings. The SMILES string of the molecule is [C].c1ccc2c(c1)CCCC2. The zero-order valence-electron chi connectivity index (χ0n) is 6.64. The van der Waals surface area contributed by atoms with Gasteiger partial charge in [-0.25, -0.2) is 0 Å². The van der Waals surface area contributed by atoms with Gasteiger partial charge in [-0.05, 0) is 36.8 Å². The summed E-state index contributed by atoms with van der Waals surface area (Å²) < 4.78 is 0. The van der Waals surface area contributed by atoms with Crippen LogP contribution in [0.15, 0.2) is 24.3 Å². The topological polar surface area (TPSA) is 0 Å². The minimum absolute atomic E-state index is 0. The van der Waals surface area contributed by atoms with Gasteiger partial charge in [0.15, 0.2) is 0 Å². The van der Waals surface area contributed by atoms with Crippen molar-refractivity contribution < 1.29 is 0 Å². The van der Waals surface area contributed by atoms with Crippen molar-refractivity contribution in [3.8, 4) is 0 Å². The summed E-state index contributed by atoms with van der Waals surface area (Å²) in [5.74, 6) is 0. The average molecular weight is 144 g/mol. The Kier molecular flexibility index (Phi) is 2.70. The smallest absolute Gasteiger partial charge is 0 e. The number of fused-ring (bicyclic) bond motifs is 1. The minimum atomic E-state index is 0. The van der Waals surface area contributed by atoms with E-state index in [1.54, 1.807) is 11.1 Å². The van der Waals surface area contributed by atoms with Crippen LogP contribution in [0, 0.1) is 7.43 Å². The van der Waals surface area contributed by atoms with E-state index in [0.29, 0.717) is 0 Å². The Morgan fingerprint density at radius 3 is 1.73 bits per heavy atom. The van der Waals surface area contributed by atoms with Crippen molar-refractivity contribution >= 4 is 0 Å². The van der Waals surface area contributed by atoms with Gasteiger partial charge >= 0.3 is 0 Å². The van der Waals surface area contributed by atoms with Crippen LogP contribution in [0.4, 0.5) is 0 Å². The van der Waals surface area contributed by atoms with Crippen LogP contribution in [0.1, 0.15) is 24.0 Å². The number of hydrogen-bond donors (Lipinski definition) is 0. The highest BCUT2D eigenvalue weighted by atomic mass is 14.1. The van der Waals surface area contributed by atoms with Gasteiger partial charge in [-0.3, -0.25) is 0 Å². The molecule has 0 unspecified atom stereocenters. The molecule has 0 atom stereocenters. The van der Waals surface area contributed by atoms with Crippen molar-refractivity contribution in [3.05, 3.63) is 42.8 Å². The lowest BCUT2D eigenvalue weighted by Gasteiger charge is -2.13. The van der Waals surface area contributed by atoms with E-state index in [0.717, 1.165) is 0 Å². The highest BCUT2D eigenvalue weighted by molar-refractivity contribution is 5.28. The summed E-state index contributed by atoms with van der Waals surface area (Å²) in [4.78, 5) is 0. The molecule has 1 aliphatic carbocycles. The van der Waals surface area contributed by atoms with E-state index in [9.17, 15) is 0 Å². The summed E-state index contributed by atoms with van der Waals surface area (Å²) in [7, 11) is 0. The highest BCUT2D eigenvalue weighted by Gasteiger charge is 2.05. The Labute approximate surface area is 69.3 Å². The van der Waals surface area contributed by atoms with Gasteiger partial charge in [-0.15, -0.1) is 0 Å². The van der Waals surface area contributed by atoms with Gasteiger partial charge in [0.1, 0.15) is 0 Å². The van der Waals surface area contributed by atoms with Gasteiger partial charge < -0.3 is 0 Å². The minimum Gasteiger partial charge on any atom is -0.0620 e. The van der Waals surface area contributed by atoms with Crippen LogP contribution in [-0.4, -0.2) is 0 Å². The summed E-state index contributed by atoms with van der Waals surface area (Å²) in [6, 6.07) is 8.80. The first-order valence-electron chi connectivity index (χ1n) is 4.03. The Bertz CT molecular complexity index is 200. The Balaban J connectivity index is 0.000000605. The van der Waals surface area contributed by atoms with Gasteiger partial charge in [0.05, 0.1) is 0 Å². The molecule has 2 rings (SSSR count). The number of hydrogen-bond acceptors (Lipinski definition) is 0. The van der Waals surface area contributed by atoms with Gasteiger partial charge in [-0.2, -0.15) is 0 Å². The third-order valence-electron chi connectivity index (χ3n) is 2.26. The summed E-state index contributed by atoms with van der Waals surface area (Å²) in [6.07, 6.45) is 5.38. The van der Waals surface area contributed by atoms with Crippen LogP contribution in [0.5, 0.6) is 0 Å². The summed E-state index contributed by atoms with van der Waals surface area (Å²) >= 11 is 0. The second kappa shape index (κ2) is 3.56. The first kappa shape index (κ1) is 8.32. The van der Waals surface area contributed by atoms with Crippen LogP contribution in [0.3, 0.4) is 0 Å². The molecule has 0 amide bonds. The Hall–Kier alpha value is -0.780. The summed E-state index contributed by atoms with van der Waals surface area (Å²) in [6.45, 7) is 0. The van der Waals surface area contributed by atoms with E-state index in [4.69, 9.17) is 0 Å². The second-order valence-corrected chi connectivity index (χ2v) is 2.98. The predicted octanol–water partition coefficient (Wildman–Crippen LogP) is 2.65. The maximum atomic E-state index is 2.26. The fourth-order valence-electron chi connectivity index (χ4n) is 1.68. The fraction of sp³-hybridized carbons (Fsp3) is 0.364. The van der Waals surface area contributed by atoms with Gasteiger partial charge in [0.25, 0.3) is 0 Å². The van der Waals surface area contributed by atoms with Gasteiger partial charge in [-0.1, -0.05) is 24.3 Å². The molecule has 0 N–H and O–H groups in total. The molecule has 1 aromatic carbocycles. The molecule has 0 aliphatic heterocycles. The van der Waals surface area contributed by atoms with E-state index in [-0.39, 0.29) is 7.43 Å². The highest BCUT2D eigenvalue weighted by Crippen LogP contribution is 2.19. The molecular formula is C11H12. The van der Waals surface area contributed by atoms with Crippen molar-refractivity contribution in [2.45, 2.75) is 25.7 Å². The largest absolute Gasteiger partial charge is 0.0620 e. The molecule has 11 heavy (non-hydrogen) atoms. The molecule has 0 bridgehead atoms. The van der Waals surface area contributed by atoms with Crippen LogP contribution < -0.4 is 0 Å². The van der Waals surface area contributed by atoms with Crippen LogP contribution in [0.2, 0.25) is 0 Å². The monoisotopic (exact) mass is 144 g/mol. The molecule has 0 saturated carbocycles. The predicted molar refractivity (Wildman–Crippen MR) is 46.3 cm³/mol. The first-order chi connectivity index (χ1) is 4.97. The molecule has 0 heteroatoms. The Morgan fingerprint density at radius 1 is 0.818 bits per heavy atom. The molecule has 0 spiro atoms. The van der Waals surface area contributed by atoms with Crippen molar-refractivity contribution in [2.24, 2.45) is 0 Å². The van der Waals surface area contributed by atoms with Gasteiger partial charge in [0.2, 0.25) is 0 Å². The zero-order valence-corrected chi connectivity index (χ0v) is 6.64. The van der Waals surface area contributed by atoms with Crippen molar-refractivity contribution in [1.29, 1.82) is 0 Å². The molecule has 0 heterocycles. The average Bonchev–Trinajstić information content (AvgIpc) is 2.05. The van der Waals surface area contributed by atoms with E-state index >= 15 is 0 Å². The third kappa shape index (κ3) is 1.62. The standard InChI is InChI=1S/C10H12.C/c1-2-6-10-8-4-3-7-9(10)5-1;/h1-2,5-6H,3-4,7-8H2;. The third-order valence-corrected chi connectivity index (χ3v) is 2.26. The Morgan fingerprint density at radius 2 is 1.27 bits per heavy atom. The lowest BCUT2D eigenvalue weighted by molar-refractivity contribution is 0.685. The lowest BCUT2D eigenvalue weighted by atomic mass is 9.92. The van der Waals surface area contributed by atoms with Gasteiger partial charge in [0, 0.05) is 7.43 Å². The molecular weight excluding hydrogens is 132 g/mol. The van der Waals surface area contributed by atoms with E-state index < -0.39 is 0 Å². The number of rotatable bonds is 0. The van der Waals surface area contributed by atoms with Crippen LogP contribution in [0.25, 0.3) is 0 Å². The van der Waals surface area contributed by atoms with Crippen molar-refractivity contribution in [1.82, 2.24) is 0 Å². The van der Waals surface area contributed by atoms with E-state index in [2.05, 4.69) is 24.3 Å². The molecule has 0 saturated heterocycles. The molecule has 4 radical (unpaired) electrons. The summed E-state index contributed by atoms with van der Waals surface area (Å²) in [5, 5.41) is 0. The van der Waals surface area contributed by atoms with E-state index in [1.165, 1.54) is 25.7 Å². The maximum absolute atomic E-state index is 2.26. The normalized spacial score (nSPS) is 14.9. The zero-order chi connectivity index (χ0) is 6.81.